The van der Waals surface area contributed by atoms with Crippen molar-refractivity contribution in [3.63, 3.8) is 0 Å². The highest BCUT2D eigenvalue weighted by atomic mass is 16.6. The molecule has 2 aliphatic rings. The molecular formula is C21H39N3O3. The molecular weight excluding hydrogens is 342 g/mol. The largest absolute Gasteiger partial charge is 0.444 e. The van der Waals surface area contributed by atoms with E-state index in [2.05, 4.69) is 25.7 Å². The molecule has 2 aliphatic heterocycles. The van der Waals surface area contributed by atoms with Gasteiger partial charge in [-0.1, -0.05) is 0 Å². The van der Waals surface area contributed by atoms with Crippen LogP contribution in [0, 0.1) is 5.92 Å². The fraction of sp³-hybridized carbons (Fsp3) is 0.905. The van der Waals surface area contributed by atoms with Crippen LogP contribution in [0.3, 0.4) is 0 Å². The molecule has 2 saturated heterocycles. The molecule has 156 valence electrons. The fourth-order valence-electron chi connectivity index (χ4n) is 4.29. The molecule has 1 atom stereocenters. The van der Waals surface area contributed by atoms with Crippen LogP contribution >= 0.6 is 0 Å². The first-order valence-electron chi connectivity index (χ1n) is 10.6. The third-order valence-electron chi connectivity index (χ3n) is 5.68. The maximum atomic E-state index is 12.9. The highest BCUT2D eigenvalue weighted by Crippen LogP contribution is 2.26. The minimum absolute atomic E-state index is 0.116. The molecule has 2 rings (SSSR count). The average molecular weight is 382 g/mol. The molecule has 2 fully saturated rings. The van der Waals surface area contributed by atoms with Gasteiger partial charge in [0, 0.05) is 38.3 Å². The normalized spacial score (nSPS) is 22.8. The Bertz CT molecular complexity index is 507. The summed E-state index contributed by atoms with van der Waals surface area (Å²) in [5, 5.41) is 0. The minimum Gasteiger partial charge on any atom is -0.444 e. The molecule has 0 saturated carbocycles. The van der Waals surface area contributed by atoms with Crippen molar-refractivity contribution in [1.29, 1.82) is 0 Å². The van der Waals surface area contributed by atoms with Gasteiger partial charge in [-0.3, -0.25) is 9.69 Å². The second kappa shape index (κ2) is 9.26. The fourth-order valence-corrected chi connectivity index (χ4v) is 4.29. The second-order valence-corrected chi connectivity index (χ2v) is 9.25. The Morgan fingerprint density at radius 1 is 1.11 bits per heavy atom. The number of rotatable bonds is 4. The van der Waals surface area contributed by atoms with E-state index in [1.54, 1.807) is 0 Å². The number of hydrogen-bond acceptors (Lipinski definition) is 4. The van der Waals surface area contributed by atoms with Gasteiger partial charge in [0.25, 0.3) is 0 Å². The molecule has 0 spiro atoms. The molecule has 0 aliphatic carbocycles. The van der Waals surface area contributed by atoms with Crippen LogP contribution in [0.4, 0.5) is 4.79 Å². The molecule has 2 amide bonds. The van der Waals surface area contributed by atoms with Crippen LogP contribution < -0.4 is 0 Å². The van der Waals surface area contributed by atoms with Crippen LogP contribution in [0.15, 0.2) is 0 Å². The van der Waals surface area contributed by atoms with Gasteiger partial charge in [0.1, 0.15) is 5.60 Å². The second-order valence-electron chi connectivity index (χ2n) is 9.25. The van der Waals surface area contributed by atoms with E-state index < -0.39 is 5.60 Å². The molecule has 0 N–H and O–H groups in total. The van der Waals surface area contributed by atoms with Crippen molar-refractivity contribution in [3.05, 3.63) is 0 Å². The number of amides is 2. The Kier molecular flexibility index (Phi) is 7.55. The zero-order valence-electron chi connectivity index (χ0n) is 18.2. The molecule has 6 nitrogen and oxygen atoms in total. The number of piperidine rings is 2. The van der Waals surface area contributed by atoms with Gasteiger partial charge in [-0.05, 0) is 73.8 Å². The van der Waals surface area contributed by atoms with E-state index in [-0.39, 0.29) is 18.1 Å². The van der Waals surface area contributed by atoms with E-state index in [1.807, 2.05) is 30.6 Å². The van der Waals surface area contributed by atoms with Crippen molar-refractivity contribution < 1.29 is 14.3 Å². The highest BCUT2D eigenvalue weighted by Gasteiger charge is 2.35. The Balaban J connectivity index is 1.87. The summed E-state index contributed by atoms with van der Waals surface area (Å²) in [5.74, 6) is 0.424. The Morgan fingerprint density at radius 2 is 1.74 bits per heavy atom. The van der Waals surface area contributed by atoms with E-state index in [9.17, 15) is 9.59 Å². The smallest absolute Gasteiger partial charge is 0.410 e. The summed E-state index contributed by atoms with van der Waals surface area (Å²) in [5.41, 5.74) is -0.448. The molecule has 27 heavy (non-hydrogen) atoms. The Morgan fingerprint density at radius 3 is 2.26 bits per heavy atom. The van der Waals surface area contributed by atoms with Gasteiger partial charge >= 0.3 is 6.09 Å². The van der Waals surface area contributed by atoms with Crippen molar-refractivity contribution >= 4 is 12.0 Å². The zero-order valence-corrected chi connectivity index (χ0v) is 18.2. The predicted molar refractivity (Wildman–Crippen MR) is 108 cm³/mol. The van der Waals surface area contributed by atoms with E-state index in [4.69, 9.17) is 4.74 Å². The number of carbonyl (C=O) groups excluding carboxylic acids is 2. The standard InChI is InChI=1S/C21H39N3O3/c1-7-24(16(2)3)19(25)17-9-8-12-23(15-17)18-10-13-22(14-11-18)20(26)27-21(4,5)6/h16-18H,7-15H2,1-6H3. The van der Waals surface area contributed by atoms with Gasteiger partial charge < -0.3 is 14.5 Å². The molecule has 0 radical (unpaired) electrons. The number of likely N-dealkylation sites (tertiary alicyclic amines) is 2. The van der Waals surface area contributed by atoms with Crippen molar-refractivity contribution in [2.75, 3.05) is 32.7 Å². The number of hydrogen-bond donors (Lipinski definition) is 0. The van der Waals surface area contributed by atoms with Gasteiger partial charge in [-0.25, -0.2) is 4.79 Å². The third-order valence-corrected chi connectivity index (χ3v) is 5.68. The Labute approximate surface area is 165 Å². The summed E-state index contributed by atoms with van der Waals surface area (Å²) in [6.45, 7) is 16.1. The van der Waals surface area contributed by atoms with Crippen LogP contribution in [0.25, 0.3) is 0 Å². The van der Waals surface area contributed by atoms with Gasteiger partial charge in [0.2, 0.25) is 5.91 Å². The van der Waals surface area contributed by atoms with Crippen molar-refractivity contribution in [3.8, 4) is 0 Å². The summed E-state index contributed by atoms with van der Waals surface area (Å²) in [7, 11) is 0. The zero-order chi connectivity index (χ0) is 20.2. The van der Waals surface area contributed by atoms with Crippen LogP contribution in [0.5, 0.6) is 0 Å². The molecule has 0 aromatic heterocycles. The van der Waals surface area contributed by atoms with Crippen molar-refractivity contribution in [2.24, 2.45) is 5.92 Å². The summed E-state index contributed by atoms with van der Waals surface area (Å²) in [4.78, 5) is 31.5. The molecule has 1 unspecified atom stereocenters. The topological polar surface area (TPSA) is 53.1 Å². The van der Waals surface area contributed by atoms with Gasteiger partial charge in [0.15, 0.2) is 0 Å². The first kappa shape index (κ1) is 22.0. The lowest BCUT2D eigenvalue weighted by molar-refractivity contribution is -0.139. The molecule has 0 bridgehead atoms. The Hall–Kier alpha value is -1.30. The number of nitrogens with zero attached hydrogens (tertiary/aromatic N) is 3. The summed E-state index contributed by atoms with van der Waals surface area (Å²) in [6, 6.07) is 0.725. The third kappa shape index (κ3) is 6.09. The lowest BCUT2D eigenvalue weighted by atomic mass is 9.92. The van der Waals surface area contributed by atoms with Crippen LogP contribution in [-0.2, 0) is 9.53 Å². The monoisotopic (exact) mass is 381 g/mol. The summed E-state index contributed by atoms with van der Waals surface area (Å²) in [6.07, 6.45) is 3.79. The van der Waals surface area contributed by atoms with Gasteiger partial charge in [-0.2, -0.15) is 0 Å². The molecule has 0 aromatic rings. The predicted octanol–water partition coefficient (Wildman–Crippen LogP) is 3.35. The van der Waals surface area contributed by atoms with Gasteiger partial charge in [0.05, 0.1) is 5.92 Å². The number of carbonyl (C=O) groups is 2. The maximum Gasteiger partial charge on any atom is 0.410 e. The van der Waals surface area contributed by atoms with E-state index in [1.165, 1.54) is 0 Å². The van der Waals surface area contributed by atoms with Gasteiger partial charge in [-0.15, -0.1) is 0 Å². The van der Waals surface area contributed by atoms with Crippen LogP contribution in [0.1, 0.15) is 67.2 Å². The highest BCUT2D eigenvalue weighted by molar-refractivity contribution is 5.79. The summed E-state index contributed by atoms with van der Waals surface area (Å²) >= 11 is 0. The first-order valence-corrected chi connectivity index (χ1v) is 10.6. The molecule has 6 heteroatoms. The average Bonchev–Trinajstić information content (AvgIpc) is 2.60. The lowest BCUT2D eigenvalue weighted by Gasteiger charge is -2.43. The van der Waals surface area contributed by atoms with Crippen molar-refractivity contribution in [2.45, 2.75) is 84.9 Å². The van der Waals surface area contributed by atoms with Crippen molar-refractivity contribution in [1.82, 2.24) is 14.7 Å². The maximum absolute atomic E-state index is 12.9. The molecule has 0 aromatic carbocycles. The van der Waals surface area contributed by atoms with E-state index in [0.717, 1.165) is 58.4 Å². The van der Waals surface area contributed by atoms with Crippen LogP contribution in [-0.4, -0.2) is 77.1 Å². The first-order chi connectivity index (χ1) is 12.6. The lowest BCUT2D eigenvalue weighted by Crippen LogP contribution is -2.53. The molecule has 2 heterocycles. The van der Waals surface area contributed by atoms with Crippen LogP contribution in [0.2, 0.25) is 0 Å². The minimum atomic E-state index is -0.448. The SMILES string of the molecule is CCN(C(=O)C1CCCN(C2CCN(C(=O)OC(C)(C)C)CC2)C1)C(C)C. The van der Waals surface area contributed by atoms with E-state index in [0.29, 0.717) is 11.9 Å². The number of ether oxygens (including phenoxy) is 1. The quantitative estimate of drug-likeness (QED) is 0.749. The van der Waals surface area contributed by atoms with E-state index >= 15 is 0 Å². The summed E-state index contributed by atoms with van der Waals surface area (Å²) < 4.78 is 5.49.